The van der Waals surface area contributed by atoms with E-state index >= 15 is 0 Å². The SMILES string of the molecule is Nc1cccc(C(=O)N[C@@H]2C[C@H]3CO[C@@H](c4ccc(Cl)cc4)CN3C2)n1. The zero-order chi connectivity index (χ0) is 18.1. The van der Waals surface area contributed by atoms with E-state index in [4.69, 9.17) is 22.1 Å². The molecule has 0 spiro atoms. The average molecular weight is 373 g/mol. The van der Waals surface area contributed by atoms with Gasteiger partial charge in [0.2, 0.25) is 0 Å². The summed E-state index contributed by atoms with van der Waals surface area (Å²) in [6.07, 6.45) is 0.912. The predicted molar refractivity (Wildman–Crippen MR) is 100 cm³/mol. The van der Waals surface area contributed by atoms with E-state index in [1.165, 1.54) is 0 Å². The Hall–Kier alpha value is -2.15. The first-order valence-electron chi connectivity index (χ1n) is 8.73. The largest absolute Gasteiger partial charge is 0.384 e. The Bertz CT molecular complexity index is 798. The standard InChI is InChI=1S/C19H21ClN4O2/c20-13-6-4-12(5-7-13)17-10-24-9-14(8-15(24)11-26-17)22-19(25)16-2-1-3-18(21)23-16/h1-7,14-15,17H,8-11H2,(H2,21,23)(H,22,25)/t14-,15+,17-/m1/s1. The number of pyridine rings is 1. The van der Waals surface area contributed by atoms with Gasteiger partial charge >= 0.3 is 0 Å². The molecule has 2 aromatic rings. The number of carbonyl (C=O) groups excluding carboxylic acids is 1. The van der Waals surface area contributed by atoms with Crippen LogP contribution in [-0.4, -0.2) is 47.6 Å². The van der Waals surface area contributed by atoms with E-state index in [-0.39, 0.29) is 18.1 Å². The van der Waals surface area contributed by atoms with Crippen LogP contribution < -0.4 is 11.1 Å². The molecule has 26 heavy (non-hydrogen) atoms. The minimum Gasteiger partial charge on any atom is -0.384 e. The zero-order valence-corrected chi connectivity index (χ0v) is 15.0. The number of halogens is 1. The van der Waals surface area contributed by atoms with Crippen LogP contribution in [0, 0.1) is 0 Å². The number of hydrogen-bond acceptors (Lipinski definition) is 5. The molecule has 0 unspecified atom stereocenters. The summed E-state index contributed by atoms with van der Waals surface area (Å²) < 4.78 is 6.05. The smallest absolute Gasteiger partial charge is 0.270 e. The molecule has 6 nitrogen and oxygen atoms in total. The normalized spacial score (nSPS) is 25.7. The van der Waals surface area contributed by atoms with Crippen LogP contribution in [0.1, 0.15) is 28.6 Å². The maximum absolute atomic E-state index is 12.4. The number of fused-ring (bicyclic) bond motifs is 1. The fourth-order valence-corrected chi connectivity index (χ4v) is 3.82. The van der Waals surface area contributed by atoms with Gasteiger partial charge in [-0.2, -0.15) is 0 Å². The molecule has 1 aromatic heterocycles. The van der Waals surface area contributed by atoms with Gasteiger partial charge in [0.15, 0.2) is 0 Å². The number of ether oxygens (including phenoxy) is 1. The van der Waals surface area contributed by atoms with Gasteiger partial charge in [-0.3, -0.25) is 9.69 Å². The van der Waals surface area contributed by atoms with E-state index in [1.807, 2.05) is 24.3 Å². The molecule has 2 aliphatic rings. The van der Waals surface area contributed by atoms with Crippen molar-refractivity contribution in [1.82, 2.24) is 15.2 Å². The molecular weight excluding hydrogens is 352 g/mol. The van der Waals surface area contributed by atoms with Gasteiger partial charge in [0, 0.05) is 30.2 Å². The Kier molecular flexibility index (Phi) is 4.80. The number of nitrogen functional groups attached to an aromatic ring is 1. The predicted octanol–water partition coefficient (Wildman–Crippen LogP) is 2.26. The van der Waals surface area contributed by atoms with E-state index in [2.05, 4.69) is 15.2 Å². The molecule has 2 saturated heterocycles. The van der Waals surface area contributed by atoms with Crippen LogP contribution in [0.15, 0.2) is 42.5 Å². The molecule has 4 rings (SSSR count). The second kappa shape index (κ2) is 7.23. The highest BCUT2D eigenvalue weighted by Gasteiger charge is 2.38. The third kappa shape index (κ3) is 3.67. The number of nitrogens with zero attached hydrogens (tertiary/aromatic N) is 2. The van der Waals surface area contributed by atoms with Crippen LogP contribution in [0.2, 0.25) is 5.02 Å². The Morgan fingerprint density at radius 2 is 2.04 bits per heavy atom. The van der Waals surface area contributed by atoms with Gasteiger partial charge in [-0.05, 0) is 36.2 Å². The van der Waals surface area contributed by atoms with Crippen molar-refractivity contribution in [2.75, 3.05) is 25.4 Å². The number of hydrogen-bond donors (Lipinski definition) is 2. The number of rotatable bonds is 3. The molecule has 0 radical (unpaired) electrons. The Balaban J connectivity index is 1.37. The second-order valence-electron chi connectivity index (χ2n) is 6.84. The summed E-state index contributed by atoms with van der Waals surface area (Å²) in [6, 6.07) is 13.3. The van der Waals surface area contributed by atoms with Crippen molar-refractivity contribution in [3.8, 4) is 0 Å². The maximum atomic E-state index is 12.4. The Morgan fingerprint density at radius 1 is 1.23 bits per heavy atom. The van der Waals surface area contributed by atoms with Crippen molar-refractivity contribution < 1.29 is 9.53 Å². The summed E-state index contributed by atoms with van der Waals surface area (Å²) in [5.41, 5.74) is 7.14. The fourth-order valence-electron chi connectivity index (χ4n) is 3.70. The molecule has 2 fully saturated rings. The van der Waals surface area contributed by atoms with Crippen LogP contribution >= 0.6 is 11.6 Å². The lowest BCUT2D eigenvalue weighted by Gasteiger charge is -2.35. The van der Waals surface area contributed by atoms with Crippen molar-refractivity contribution in [3.63, 3.8) is 0 Å². The Labute approximate surface area is 157 Å². The fraction of sp³-hybridized carbons (Fsp3) is 0.368. The number of aromatic nitrogens is 1. The average Bonchev–Trinajstić information content (AvgIpc) is 3.03. The van der Waals surface area contributed by atoms with Gasteiger partial charge in [0.1, 0.15) is 11.5 Å². The van der Waals surface area contributed by atoms with E-state index in [1.54, 1.807) is 18.2 Å². The van der Waals surface area contributed by atoms with E-state index in [9.17, 15) is 4.79 Å². The molecule has 1 amide bonds. The summed E-state index contributed by atoms with van der Waals surface area (Å²) in [4.78, 5) is 18.9. The van der Waals surface area contributed by atoms with Crippen molar-refractivity contribution in [3.05, 3.63) is 58.7 Å². The molecule has 3 heterocycles. The highest BCUT2D eigenvalue weighted by molar-refractivity contribution is 6.30. The first kappa shape index (κ1) is 17.3. The lowest BCUT2D eigenvalue weighted by atomic mass is 10.1. The number of nitrogens with two attached hydrogens (primary N) is 1. The number of morpholine rings is 1. The number of carbonyl (C=O) groups is 1. The quantitative estimate of drug-likeness (QED) is 0.863. The molecule has 1 aromatic carbocycles. The van der Waals surface area contributed by atoms with Crippen molar-refractivity contribution in [2.45, 2.75) is 24.6 Å². The number of amides is 1. The summed E-state index contributed by atoms with van der Waals surface area (Å²) in [6.45, 7) is 2.29. The summed E-state index contributed by atoms with van der Waals surface area (Å²) >= 11 is 5.96. The molecule has 0 bridgehead atoms. The highest BCUT2D eigenvalue weighted by atomic mass is 35.5. The summed E-state index contributed by atoms with van der Waals surface area (Å²) in [7, 11) is 0. The van der Waals surface area contributed by atoms with E-state index in [0.29, 0.717) is 24.2 Å². The molecule has 2 aliphatic heterocycles. The van der Waals surface area contributed by atoms with Crippen LogP contribution in [0.5, 0.6) is 0 Å². The molecule has 136 valence electrons. The van der Waals surface area contributed by atoms with Gasteiger partial charge < -0.3 is 15.8 Å². The van der Waals surface area contributed by atoms with Gasteiger partial charge in [-0.25, -0.2) is 4.98 Å². The van der Waals surface area contributed by atoms with Crippen LogP contribution in [0.25, 0.3) is 0 Å². The Morgan fingerprint density at radius 3 is 2.81 bits per heavy atom. The van der Waals surface area contributed by atoms with Gasteiger partial charge in [-0.15, -0.1) is 0 Å². The monoisotopic (exact) mass is 372 g/mol. The third-order valence-electron chi connectivity index (χ3n) is 5.00. The van der Waals surface area contributed by atoms with E-state index < -0.39 is 0 Å². The molecule has 3 atom stereocenters. The first-order chi connectivity index (χ1) is 12.6. The summed E-state index contributed by atoms with van der Waals surface area (Å²) in [5.74, 6) is 0.165. The lowest BCUT2D eigenvalue weighted by molar-refractivity contribution is -0.0502. The van der Waals surface area contributed by atoms with Crippen molar-refractivity contribution >= 4 is 23.3 Å². The van der Waals surface area contributed by atoms with Gasteiger partial charge in [-0.1, -0.05) is 29.8 Å². The lowest BCUT2D eigenvalue weighted by Crippen LogP contribution is -2.43. The van der Waals surface area contributed by atoms with Crippen molar-refractivity contribution in [1.29, 1.82) is 0 Å². The number of benzene rings is 1. The molecular formula is C19H21ClN4O2. The topological polar surface area (TPSA) is 80.5 Å². The number of anilines is 1. The molecule has 0 aliphatic carbocycles. The zero-order valence-electron chi connectivity index (χ0n) is 14.3. The van der Waals surface area contributed by atoms with Crippen LogP contribution in [-0.2, 0) is 4.74 Å². The molecule has 0 saturated carbocycles. The van der Waals surface area contributed by atoms with Crippen molar-refractivity contribution in [2.24, 2.45) is 0 Å². The van der Waals surface area contributed by atoms with E-state index in [0.717, 1.165) is 30.1 Å². The second-order valence-corrected chi connectivity index (χ2v) is 7.27. The van der Waals surface area contributed by atoms with Crippen LogP contribution in [0.3, 0.4) is 0 Å². The minimum absolute atomic E-state index is 0.0357. The summed E-state index contributed by atoms with van der Waals surface area (Å²) in [5, 5.41) is 3.79. The van der Waals surface area contributed by atoms with Gasteiger partial charge in [0.05, 0.1) is 12.7 Å². The van der Waals surface area contributed by atoms with Crippen LogP contribution in [0.4, 0.5) is 5.82 Å². The minimum atomic E-state index is -0.183. The number of nitrogens with one attached hydrogen (secondary N) is 1. The third-order valence-corrected chi connectivity index (χ3v) is 5.25. The molecule has 7 heteroatoms. The highest BCUT2D eigenvalue weighted by Crippen LogP contribution is 2.30. The first-order valence-corrected chi connectivity index (χ1v) is 9.11. The molecule has 3 N–H and O–H groups in total. The maximum Gasteiger partial charge on any atom is 0.270 e. The van der Waals surface area contributed by atoms with Gasteiger partial charge in [0.25, 0.3) is 5.91 Å².